The molecule has 3 heteroatoms. The van der Waals surface area contributed by atoms with Crippen molar-refractivity contribution in [1.29, 1.82) is 0 Å². The molecule has 71 heavy (non-hydrogen) atoms. The van der Waals surface area contributed by atoms with Crippen LogP contribution in [-0.2, 0) is 0 Å². The van der Waals surface area contributed by atoms with Crippen LogP contribution in [0.5, 0.6) is 0 Å². The Labute approximate surface area is 414 Å². The first kappa shape index (κ1) is 40.5. The number of benzene rings is 13. The van der Waals surface area contributed by atoms with E-state index in [0.717, 1.165) is 0 Å². The molecule has 13 aromatic carbocycles. The smallest absolute Gasteiger partial charge is 0.252 e. The van der Waals surface area contributed by atoms with Crippen molar-refractivity contribution in [2.45, 2.75) is 39.5 Å². The molecule has 0 fully saturated rings. The third-order valence-corrected chi connectivity index (χ3v) is 16.3. The molecule has 0 saturated heterocycles. The largest absolute Gasteiger partial charge is 0.311 e. The Hall–Kier alpha value is -8.40. The van der Waals surface area contributed by atoms with Crippen molar-refractivity contribution in [1.82, 2.24) is 0 Å². The average Bonchev–Trinajstić information content (AvgIpc) is 3.41. The van der Waals surface area contributed by atoms with Gasteiger partial charge in [-0.1, -0.05) is 204 Å². The number of anilines is 6. The normalized spacial score (nSPS) is 13.2. The van der Waals surface area contributed by atoms with Gasteiger partial charge in [-0.25, -0.2) is 0 Å². The van der Waals surface area contributed by atoms with Crippen molar-refractivity contribution in [3.8, 4) is 0 Å². The second-order valence-electron chi connectivity index (χ2n) is 20.7. The van der Waals surface area contributed by atoms with Gasteiger partial charge in [0.2, 0.25) is 0 Å². The third-order valence-electron chi connectivity index (χ3n) is 16.3. The third kappa shape index (κ3) is 5.72. The van der Waals surface area contributed by atoms with E-state index in [9.17, 15) is 0 Å². The van der Waals surface area contributed by atoms with Crippen molar-refractivity contribution >= 4 is 143 Å². The van der Waals surface area contributed by atoms with Gasteiger partial charge in [-0.15, -0.1) is 0 Å². The molecule has 2 nitrogen and oxygen atoms in total. The van der Waals surface area contributed by atoms with Gasteiger partial charge in [0.05, 0.1) is 11.4 Å². The van der Waals surface area contributed by atoms with E-state index < -0.39 is 0 Å². The lowest BCUT2D eigenvalue weighted by Crippen LogP contribution is -2.61. The molecule has 2 heterocycles. The molecule has 2 aliphatic heterocycles. The van der Waals surface area contributed by atoms with Gasteiger partial charge in [-0.3, -0.25) is 0 Å². The highest BCUT2D eigenvalue weighted by molar-refractivity contribution is 7.00. The van der Waals surface area contributed by atoms with Gasteiger partial charge in [-0.05, 0) is 151 Å². The zero-order valence-corrected chi connectivity index (χ0v) is 40.3. The summed E-state index contributed by atoms with van der Waals surface area (Å²) in [5, 5.41) is 20.3. The quantitative estimate of drug-likeness (QED) is 0.128. The predicted molar refractivity (Wildman–Crippen MR) is 309 cm³/mol. The lowest BCUT2D eigenvalue weighted by Gasteiger charge is -2.45. The summed E-state index contributed by atoms with van der Waals surface area (Å²) in [7, 11) is 0. The molecule has 0 unspecified atom stereocenters. The first-order valence-electron chi connectivity index (χ1n) is 25.4. The molecule has 13 aromatic rings. The maximum atomic E-state index is 2.64. The molecule has 0 saturated carbocycles. The van der Waals surface area contributed by atoms with E-state index in [1.165, 1.54) is 148 Å². The number of rotatable bonds is 4. The topological polar surface area (TPSA) is 6.48 Å². The Morgan fingerprint density at radius 2 is 0.606 bits per heavy atom. The second kappa shape index (κ2) is 15.1. The fourth-order valence-electron chi connectivity index (χ4n) is 12.9. The van der Waals surface area contributed by atoms with Gasteiger partial charge in [0.15, 0.2) is 0 Å². The summed E-state index contributed by atoms with van der Waals surface area (Å²) in [4.78, 5) is 5.27. The first-order chi connectivity index (χ1) is 34.9. The maximum absolute atomic E-state index is 2.64. The van der Waals surface area contributed by atoms with Crippen LogP contribution in [0.3, 0.4) is 0 Å². The zero-order valence-electron chi connectivity index (χ0n) is 40.3. The molecule has 334 valence electrons. The lowest BCUT2D eigenvalue weighted by atomic mass is 9.33. The van der Waals surface area contributed by atoms with Crippen LogP contribution >= 0.6 is 0 Å². The van der Waals surface area contributed by atoms with E-state index in [0.29, 0.717) is 11.8 Å². The predicted octanol–water partition coefficient (Wildman–Crippen LogP) is 17.2. The monoisotopic (exact) mass is 904 g/mol. The van der Waals surface area contributed by atoms with Crippen molar-refractivity contribution < 1.29 is 0 Å². The Kier molecular flexibility index (Phi) is 8.58. The lowest BCUT2D eigenvalue weighted by molar-refractivity contribution is 0.869. The van der Waals surface area contributed by atoms with Gasteiger partial charge in [0.25, 0.3) is 6.71 Å². The molecule has 0 atom stereocenters. The van der Waals surface area contributed by atoms with Crippen molar-refractivity contribution in [3.05, 3.63) is 223 Å². The van der Waals surface area contributed by atoms with Gasteiger partial charge in [0.1, 0.15) is 0 Å². The Bertz CT molecular complexity index is 4080. The highest BCUT2D eigenvalue weighted by Gasteiger charge is 2.44. The van der Waals surface area contributed by atoms with E-state index in [4.69, 9.17) is 0 Å². The fraction of sp³-hybridized carbons (Fsp3) is 0.0882. The van der Waals surface area contributed by atoms with E-state index in [-0.39, 0.29) is 6.71 Å². The molecular weight excluding hydrogens is 856 g/mol. The van der Waals surface area contributed by atoms with Gasteiger partial charge in [0, 0.05) is 33.5 Å². The number of nitrogens with zero attached hydrogens (tertiary/aromatic N) is 2. The fourth-order valence-corrected chi connectivity index (χ4v) is 12.9. The standard InChI is InChI=1S/C68H49BN2/c1-40(2)42-30-32-44-38-64-58(36-46(44)34-42)69-59-37-47-35-43(41(3)4)31-33-45(47)39-65(59)71(61-27-14-25-57-53-19-8-6-17-49(53)51-21-10-12-23-55(51)67(57)61)63-29-15-28-62(68(63)69)70(64)60-26-13-24-56-52-18-7-5-16-48(52)50-20-9-11-22-54(50)66(56)60/h5-41H,1-4H3. The van der Waals surface area contributed by atoms with Crippen molar-refractivity contribution in [3.63, 3.8) is 0 Å². The van der Waals surface area contributed by atoms with Gasteiger partial charge >= 0.3 is 0 Å². The summed E-state index contributed by atoms with van der Waals surface area (Å²) < 4.78 is 0. The molecule has 0 amide bonds. The van der Waals surface area contributed by atoms with Crippen LogP contribution in [0.25, 0.3) is 86.2 Å². The average molecular weight is 905 g/mol. The Morgan fingerprint density at radius 1 is 0.282 bits per heavy atom. The molecule has 0 radical (unpaired) electrons. The van der Waals surface area contributed by atoms with Gasteiger partial charge in [-0.2, -0.15) is 0 Å². The summed E-state index contributed by atoms with van der Waals surface area (Å²) in [5.41, 5.74) is 14.0. The van der Waals surface area contributed by atoms with Crippen LogP contribution < -0.4 is 26.2 Å². The van der Waals surface area contributed by atoms with Crippen LogP contribution in [0.2, 0.25) is 0 Å². The van der Waals surface area contributed by atoms with Crippen LogP contribution in [0.4, 0.5) is 34.1 Å². The Morgan fingerprint density at radius 3 is 0.986 bits per heavy atom. The van der Waals surface area contributed by atoms with Crippen LogP contribution in [0, 0.1) is 0 Å². The van der Waals surface area contributed by atoms with E-state index in [1.807, 2.05) is 0 Å². The van der Waals surface area contributed by atoms with Crippen LogP contribution in [-0.4, -0.2) is 6.71 Å². The molecule has 0 aliphatic carbocycles. The Balaban J connectivity index is 1.11. The van der Waals surface area contributed by atoms with Crippen molar-refractivity contribution in [2.75, 3.05) is 9.80 Å². The second-order valence-corrected chi connectivity index (χ2v) is 20.7. The number of hydrogen-bond acceptors (Lipinski definition) is 2. The SMILES string of the molecule is CC(C)c1ccc2cc3c(cc2c1)B1c2cc4cc(C(C)C)ccc4cc2N(c2cccc4c5ccccc5c5ccccc5c24)c2cccc(c21)N3c1cccc2c3ccccc3c3ccccc3c12. The highest BCUT2D eigenvalue weighted by atomic mass is 15.2. The summed E-state index contributed by atoms with van der Waals surface area (Å²) in [6, 6.07) is 81.4. The van der Waals surface area contributed by atoms with Crippen LogP contribution in [0.15, 0.2) is 212 Å². The number of fused-ring (bicyclic) bond motifs is 18. The maximum Gasteiger partial charge on any atom is 0.252 e. The highest BCUT2D eigenvalue weighted by Crippen LogP contribution is 2.51. The zero-order chi connectivity index (χ0) is 47.2. The molecule has 0 aromatic heterocycles. The minimum absolute atomic E-state index is 0.0435. The summed E-state index contributed by atoms with van der Waals surface area (Å²) in [6.45, 7) is 9.18. The van der Waals surface area contributed by atoms with E-state index >= 15 is 0 Å². The van der Waals surface area contributed by atoms with Crippen LogP contribution in [0.1, 0.15) is 50.7 Å². The molecule has 0 spiro atoms. The minimum Gasteiger partial charge on any atom is -0.311 e. The molecule has 0 N–H and O–H groups in total. The van der Waals surface area contributed by atoms with E-state index in [2.05, 4.69) is 250 Å². The molecule has 2 aliphatic rings. The van der Waals surface area contributed by atoms with Gasteiger partial charge < -0.3 is 9.80 Å². The summed E-state index contributed by atoms with van der Waals surface area (Å²) in [6.07, 6.45) is 0. The molecule has 15 rings (SSSR count). The molecular formula is C68H49BN2. The summed E-state index contributed by atoms with van der Waals surface area (Å²) >= 11 is 0. The minimum atomic E-state index is -0.0435. The molecule has 0 bridgehead atoms. The summed E-state index contributed by atoms with van der Waals surface area (Å²) in [5.74, 6) is 0.829. The first-order valence-corrected chi connectivity index (χ1v) is 25.4. The van der Waals surface area contributed by atoms with Crippen molar-refractivity contribution in [2.24, 2.45) is 0 Å². The number of hydrogen-bond donors (Lipinski definition) is 0. The van der Waals surface area contributed by atoms with E-state index in [1.54, 1.807) is 0 Å².